The van der Waals surface area contributed by atoms with Gasteiger partial charge in [-0.2, -0.15) is 13.4 Å². The number of nitrogens with zero attached hydrogens (tertiary/aromatic N) is 5. The molecule has 0 saturated carbocycles. The number of fused-ring (bicyclic) bond motifs is 2. The van der Waals surface area contributed by atoms with Gasteiger partial charge in [0, 0.05) is 23.5 Å². The molecule has 240 valence electrons. The maximum absolute atomic E-state index is 13.4. The third kappa shape index (κ3) is 9.06. The molecule has 5 aromatic rings. The number of nitrogens with one attached hydrogen (secondary N) is 1. The van der Waals surface area contributed by atoms with Crippen LogP contribution in [0.25, 0.3) is 21.5 Å². The van der Waals surface area contributed by atoms with Crippen molar-refractivity contribution in [2.24, 2.45) is 10.2 Å². The van der Waals surface area contributed by atoms with E-state index in [0.29, 0.717) is 0 Å². The molecule has 5 rings (SSSR count). The van der Waals surface area contributed by atoms with Crippen LogP contribution in [-0.4, -0.2) is 68.0 Å². The van der Waals surface area contributed by atoms with Gasteiger partial charge < -0.3 is 23.8 Å². The van der Waals surface area contributed by atoms with Gasteiger partial charge in [-0.3, -0.25) is 9.54 Å². The molecule has 0 aliphatic carbocycles. The first-order valence-electron chi connectivity index (χ1n) is 12.3. The predicted molar refractivity (Wildman–Crippen MR) is 155 cm³/mol. The van der Waals surface area contributed by atoms with Crippen LogP contribution in [0.3, 0.4) is 0 Å². The van der Waals surface area contributed by atoms with Crippen LogP contribution in [0.4, 0.5) is 23.0 Å². The standard InChI is InChI=1S/C25H20N6O12S3.3Na/c1-31(23-26-24(33)28-25(27-23)43-2)13-6-7-14-12(10-13)11-19(45(37,38)39)20(21(14)32)30-29-17-9-8-15-16(22(17)46(40,41)42)4-3-5-18(15)44(34,35)36;;;/h3-11,32H,1-2H3,(H,34,35,36)(H,37,38,39)(H,40,41,42)(H,26,27,28,33);;;/q;3*+1/p-3. The van der Waals surface area contributed by atoms with Crippen molar-refractivity contribution >= 4 is 74.9 Å². The number of anilines is 2. The number of aromatic amines is 1. The number of hydrogen-bond acceptors (Lipinski definition) is 16. The predicted octanol–water partition coefficient (Wildman–Crippen LogP) is -7.20. The van der Waals surface area contributed by atoms with Crippen molar-refractivity contribution in [3.05, 3.63) is 65.1 Å². The summed E-state index contributed by atoms with van der Waals surface area (Å²) in [6.07, 6.45) is 0. The largest absolute Gasteiger partial charge is 1.00 e. The van der Waals surface area contributed by atoms with Crippen LogP contribution >= 0.6 is 0 Å². The summed E-state index contributed by atoms with van der Waals surface area (Å²) >= 11 is 0. The van der Waals surface area contributed by atoms with Crippen LogP contribution < -0.4 is 109 Å². The van der Waals surface area contributed by atoms with E-state index in [-0.39, 0.29) is 122 Å². The Balaban J connectivity index is 0.00000278. The van der Waals surface area contributed by atoms with E-state index in [9.17, 15) is 48.8 Å². The summed E-state index contributed by atoms with van der Waals surface area (Å²) in [5.41, 5.74) is -2.20. The average Bonchev–Trinajstić information content (AvgIpc) is 2.97. The van der Waals surface area contributed by atoms with Crippen LogP contribution in [0.2, 0.25) is 0 Å². The van der Waals surface area contributed by atoms with E-state index in [2.05, 4.69) is 25.2 Å². The first-order valence-corrected chi connectivity index (χ1v) is 16.6. The van der Waals surface area contributed by atoms with Crippen molar-refractivity contribution in [3.8, 4) is 11.8 Å². The normalized spacial score (nSPS) is 11.9. The Bertz CT molecular complexity index is 2520. The molecule has 0 unspecified atom stereocenters. The van der Waals surface area contributed by atoms with Crippen molar-refractivity contribution in [2.75, 3.05) is 19.1 Å². The number of hydrogen-bond donors (Lipinski definition) is 2. The molecule has 0 spiro atoms. The Morgan fingerprint density at radius 1 is 0.837 bits per heavy atom. The van der Waals surface area contributed by atoms with E-state index in [1.807, 2.05) is 0 Å². The summed E-state index contributed by atoms with van der Waals surface area (Å²) < 4.78 is 111. The van der Waals surface area contributed by atoms with Gasteiger partial charge >= 0.3 is 100 Å². The van der Waals surface area contributed by atoms with Crippen LogP contribution in [-0.2, 0) is 30.4 Å². The Morgan fingerprint density at radius 2 is 1.47 bits per heavy atom. The second-order valence-electron chi connectivity index (χ2n) is 9.33. The van der Waals surface area contributed by atoms with E-state index < -0.39 is 73.2 Å². The first-order chi connectivity index (χ1) is 21.4. The number of rotatable bonds is 8. The van der Waals surface area contributed by atoms with Crippen LogP contribution in [0, 0.1) is 0 Å². The number of H-pyrrole nitrogens is 1. The second kappa shape index (κ2) is 16.1. The topological polar surface area (TPSA) is 288 Å². The number of benzene rings is 4. The van der Waals surface area contributed by atoms with Crippen molar-refractivity contribution in [1.29, 1.82) is 0 Å². The summed E-state index contributed by atoms with van der Waals surface area (Å²) in [7, 11) is -13.0. The van der Waals surface area contributed by atoms with Gasteiger partial charge in [0.05, 0.1) is 22.6 Å². The zero-order chi connectivity index (χ0) is 33.8. The molecule has 0 bridgehead atoms. The molecule has 24 heteroatoms. The fourth-order valence-electron chi connectivity index (χ4n) is 4.51. The molecule has 2 N–H and O–H groups in total. The molecule has 0 amide bonds. The molecule has 49 heavy (non-hydrogen) atoms. The fourth-order valence-corrected chi connectivity index (χ4v) is 6.67. The van der Waals surface area contributed by atoms with Crippen LogP contribution in [0.1, 0.15) is 0 Å². The molecule has 18 nitrogen and oxygen atoms in total. The van der Waals surface area contributed by atoms with E-state index >= 15 is 0 Å². The second-order valence-corrected chi connectivity index (χ2v) is 13.4. The molecule has 0 atom stereocenters. The maximum atomic E-state index is 13.4. The molecule has 4 aromatic carbocycles. The Morgan fingerprint density at radius 3 is 2.06 bits per heavy atom. The third-order valence-corrected chi connectivity index (χ3v) is 9.22. The number of aromatic nitrogens is 3. The van der Waals surface area contributed by atoms with Crippen molar-refractivity contribution < 1.29 is 137 Å². The molecule has 0 fully saturated rings. The maximum Gasteiger partial charge on any atom is 1.00 e. The van der Waals surface area contributed by atoms with Crippen molar-refractivity contribution in [3.63, 3.8) is 0 Å². The van der Waals surface area contributed by atoms with Crippen molar-refractivity contribution in [1.82, 2.24) is 15.0 Å². The molecule has 0 saturated heterocycles. The van der Waals surface area contributed by atoms with E-state index in [4.69, 9.17) is 4.74 Å². The molecular formula is C25H17N6Na3O12S3. The van der Waals surface area contributed by atoms with Gasteiger partial charge in [0.15, 0.2) is 0 Å². The van der Waals surface area contributed by atoms with E-state index in [1.165, 1.54) is 37.3 Å². The summed E-state index contributed by atoms with van der Waals surface area (Å²) in [5, 5.41) is 19.6. The quantitative estimate of drug-likeness (QED) is 0.0845. The molecule has 0 radical (unpaired) electrons. The smallest absolute Gasteiger partial charge is 0.871 e. The minimum Gasteiger partial charge on any atom is -0.871 e. The summed E-state index contributed by atoms with van der Waals surface area (Å²) in [6, 6.07) is 9.41. The minimum atomic E-state index is -5.42. The van der Waals surface area contributed by atoms with Gasteiger partial charge in [-0.05, 0) is 41.1 Å². The minimum absolute atomic E-state index is 0. The summed E-state index contributed by atoms with van der Waals surface area (Å²) in [6.45, 7) is 0. The van der Waals surface area contributed by atoms with Crippen molar-refractivity contribution in [2.45, 2.75) is 14.7 Å². The molecule has 0 aliphatic rings. The van der Waals surface area contributed by atoms with Crippen LogP contribution in [0.15, 0.2) is 84.3 Å². The summed E-state index contributed by atoms with van der Waals surface area (Å²) in [5.74, 6) is -1.14. The zero-order valence-electron chi connectivity index (χ0n) is 26.1. The zero-order valence-corrected chi connectivity index (χ0v) is 34.5. The molecule has 1 heterocycles. The van der Waals surface area contributed by atoms with Crippen LogP contribution in [0.5, 0.6) is 11.8 Å². The number of azo groups is 1. The summed E-state index contributed by atoms with van der Waals surface area (Å²) in [4.78, 5) is 20.2. The van der Waals surface area contributed by atoms with Gasteiger partial charge in [-0.25, -0.2) is 21.6 Å². The Kier molecular flexibility index (Phi) is 14.2. The first kappa shape index (κ1) is 43.1. The van der Waals surface area contributed by atoms with Gasteiger partial charge in [-0.15, -0.1) is 15.2 Å². The molecule has 1 aromatic heterocycles. The number of methoxy groups -OCH3 is 1. The van der Waals surface area contributed by atoms with Gasteiger partial charge in [0.2, 0.25) is 5.95 Å². The Labute approximate surface area is 344 Å². The van der Waals surface area contributed by atoms with Gasteiger partial charge in [-0.1, -0.05) is 30.0 Å². The molecular weight excluding hydrogens is 741 g/mol. The van der Waals surface area contributed by atoms with E-state index in [0.717, 1.165) is 36.4 Å². The average molecular weight is 759 g/mol. The fraction of sp³-hybridized carbons (Fsp3) is 0.0800. The SMILES string of the molecule is COc1nc(N(C)c2ccc3c([O-])c(N=Nc4ccc5c(S(=O)(=O)[O-])cccc5c4S(=O)(=O)O)c(S(=O)(=O)[O-])cc3c2)[nH]c(=O)n1.[Na+].[Na+].[Na+]. The molecule has 0 aliphatic heterocycles. The van der Waals surface area contributed by atoms with Gasteiger partial charge in [0.25, 0.3) is 10.1 Å². The third-order valence-electron chi connectivity index (χ3n) is 6.53. The van der Waals surface area contributed by atoms with E-state index in [1.54, 1.807) is 0 Å². The Hall–Kier alpha value is -2.06. The number of ether oxygens (including phenoxy) is 1. The van der Waals surface area contributed by atoms with Gasteiger partial charge in [0.1, 0.15) is 30.8 Å². The monoisotopic (exact) mass is 758 g/mol.